The number of hydrogen-bond donors (Lipinski definition) is 2. The van der Waals surface area contributed by atoms with Gasteiger partial charge in [-0.05, 0) is 18.1 Å². The average molecular weight is 245 g/mol. The van der Waals surface area contributed by atoms with Crippen molar-refractivity contribution in [1.82, 2.24) is 15.5 Å². The van der Waals surface area contributed by atoms with Crippen molar-refractivity contribution >= 4 is 0 Å². The van der Waals surface area contributed by atoms with Crippen LogP contribution in [0.3, 0.4) is 0 Å². The van der Waals surface area contributed by atoms with E-state index in [9.17, 15) is 0 Å². The number of aromatic nitrogens is 2. The third kappa shape index (κ3) is 3.42. The van der Waals surface area contributed by atoms with Crippen LogP contribution in [0.25, 0.3) is 0 Å². The summed E-state index contributed by atoms with van der Waals surface area (Å²) in [5.74, 6) is 0. The van der Waals surface area contributed by atoms with E-state index < -0.39 is 0 Å². The number of hydrogen-bond acceptors (Lipinski definition) is 3. The fourth-order valence-electron chi connectivity index (χ4n) is 1.88. The average Bonchev–Trinajstić information content (AvgIpc) is 2.91. The van der Waals surface area contributed by atoms with Crippen molar-refractivity contribution in [3.8, 4) is 0 Å². The second kappa shape index (κ2) is 6.33. The fourth-order valence-corrected chi connectivity index (χ4v) is 1.88. The number of ether oxygens (including phenoxy) is 1. The lowest BCUT2D eigenvalue weighted by Gasteiger charge is -2.12. The number of rotatable bonds is 6. The largest absolute Gasteiger partial charge is 0.380 e. The Labute approximate surface area is 107 Å². The Balaban J connectivity index is 1.91. The first-order chi connectivity index (χ1) is 8.79. The molecule has 2 N–H and O–H groups in total. The van der Waals surface area contributed by atoms with E-state index in [1.807, 2.05) is 12.4 Å². The van der Waals surface area contributed by atoms with Crippen LogP contribution in [0.5, 0.6) is 0 Å². The summed E-state index contributed by atoms with van der Waals surface area (Å²) in [5.41, 5.74) is 3.63. The number of H-pyrrole nitrogens is 1. The molecule has 1 aromatic carbocycles. The normalized spacial score (nSPS) is 12.6. The standard InChI is InChI=1S/C14H19N3O/c1-11(14-8-16-17-9-14)15-7-12-4-3-5-13(6-12)10-18-2/h3-6,8-9,11,15H,7,10H2,1-2H3,(H,16,17). The minimum atomic E-state index is 0.287. The summed E-state index contributed by atoms with van der Waals surface area (Å²) < 4.78 is 5.13. The molecule has 0 amide bonds. The van der Waals surface area contributed by atoms with Gasteiger partial charge < -0.3 is 10.1 Å². The smallest absolute Gasteiger partial charge is 0.0713 e. The predicted octanol–water partition coefficient (Wildman–Crippen LogP) is 2.41. The van der Waals surface area contributed by atoms with E-state index in [0.717, 1.165) is 6.54 Å². The summed E-state index contributed by atoms with van der Waals surface area (Å²) in [4.78, 5) is 0. The first-order valence-electron chi connectivity index (χ1n) is 6.08. The van der Waals surface area contributed by atoms with Crippen LogP contribution in [-0.2, 0) is 17.9 Å². The summed E-state index contributed by atoms with van der Waals surface area (Å²) in [7, 11) is 1.71. The molecule has 4 nitrogen and oxygen atoms in total. The van der Waals surface area contributed by atoms with Crippen molar-refractivity contribution in [3.05, 3.63) is 53.3 Å². The topological polar surface area (TPSA) is 49.9 Å². The number of aromatic amines is 1. The quantitative estimate of drug-likeness (QED) is 0.821. The van der Waals surface area contributed by atoms with Gasteiger partial charge in [0.05, 0.1) is 12.8 Å². The van der Waals surface area contributed by atoms with Gasteiger partial charge >= 0.3 is 0 Å². The Morgan fingerprint density at radius 1 is 1.39 bits per heavy atom. The summed E-state index contributed by atoms with van der Waals surface area (Å²) in [6, 6.07) is 8.71. The van der Waals surface area contributed by atoms with Gasteiger partial charge in [-0.2, -0.15) is 5.10 Å². The Bertz CT molecular complexity index is 468. The molecule has 2 aromatic rings. The van der Waals surface area contributed by atoms with Crippen molar-refractivity contribution in [2.45, 2.75) is 26.1 Å². The zero-order valence-corrected chi connectivity index (χ0v) is 10.8. The molecule has 96 valence electrons. The van der Waals surface area contributed by atoms with Gasteiger partial charge in [0.15, 0.2) is 0 Å². The van der Waals surface area contributed by atoms with Crippen LogP contribution >= 0.6 is 0 Å². The van der Waals surface area contributed by atoms with E-state index in [0.29, 0.717) is 6.61 Å². The van der Waals surface area contributed by atoms with Crippen molar-refractivity contribution in [2.24, 2.45) is 0 Å². The van der Waals surface area contributed by atoms with Gasteiger partial charge in [-0.1, -0.05) is 24.3 Å². The van der Waals surface area contributed by atoms with Gasteiger partial charge in [0.1, 0.15) is 0 Å². The zero-order chi connectivity index (χ0) is 12.8. The van der Waals surface area contributed by atoms with Crippen LogP contribution in [0.4, 0.5) is 0 Å². The fraction of sp³-hybridized carbons (Fsp3) is 0.357. The highest BCUT2D eigenvalue weighted by Gasteiger charge is 2.05. The van der Waals surface area contributed by atoms with E-state index in [4.69, 9.17) is 4.74 Å². The van der Waals surface area contributed by atoms with Crippen molar-refractivity contribution in [3.63, 3.8) is 0 Å². The molecule has 18 heavy (non-hydrogen) atoms. The van der Waals surface area contributed by atoms with Gasteiger partial charge in [-0.3, -0.25) is 5.10 Å². The maximum Gasteiger partial charge on any atom is 0.0713 e. The Kier molecular flexibility index (Phi) is 4.50. The SMILES string of the molecule is COCc1cccc(CNC(C)c2cn[nH]c2)c1. The molecule has 0 saturated heterocycles. The third-order valence-electron chi connectivity index (χ3n) is 2.93. The summed E-state index contributed by atoms with van der Waals surface area (Å²) in [6.07, 6.45) is 3.76. The molecule has 1 atom stereocenters. The molecule has 1 unspecified atom stereocenters. The summed E-state index contributed by atoms with van der Waals surface area (Å²) >= 11 is 0. The lowest BCUT2D eigenvalue weighted by Crippen LogP contribution is -2.17. The molecule has 2 rings (SSSR count). The van der Waals surface area contributed by atoms with Crippen molar-refractivity contribution in [1.29, 1.82) is 0 Å². The highest BCUT2D eigenvalue weighted by molar-refractivity contribution is 5.23. The van der Waals surface area contributed by atoms with Crippen LogP contribution in [-0.4, -0.2) is 17.3 Å². The van der Waals surface area contributed by atoms with Crippen molar-refractivity contribution in [2.75, 3.05) is 7.11 Å². The van der Waals surface area contributed by atoms with Crippen LogP contribution in [0.15, 0.2) is 36.7 Å². The van der Waals surface area contributed by atoms with E-state index in [-0.39, 0.29) is 6.04 Å². The van der Waals surface area contributed by atoms with Crippen LogP contribution in [0, 0.1) is 0 Å². The minimum Gasteiger partial charge on any atom is -0.380 e. The number of nitrogens with one attached hydrogen (secondary N) is 2. The Hall–Kier alpha value is -1.65. The maximum absolute atomic E-state index is 5.13. The van der Waals surface area contributed by atoms with Gasteiger partial charge in [0.2, 0.25) is 0 Å². The van der Waals surface area contributed by atoms with Gasteiger partial charge in [-0.25, -0.2) is 0 Å². The highest BCUT2D eigenvalue weighted by Crippen LogP contribution is 2.11. The third-order valence-corrected chi connectivity index (χ3v) is 2.93. The monoisotopic (exact) mass is 245 g/mol. The lowest BCUT2D eigenvalue weighted by atomic mass is 10.1. The number of benzene rings is 1. The molecule has 0 bridgehead atoms. The van der Waals surface area contributed by atoms with Gasteiger partial charge in [0.25, 0.3) is 0 Å². The van der Waals surface area contributed by atoms with Gasteiger partial charge in [0, 0.05) is 31.5 Å². The Morgan fingerprint density at radius 3 is 2.94 bits per heavy atom. The molecule has 0 aliphatic rings. The van der Waals surface area contributed by atoms with E-state index in [1.165, 1.54) is 16.7 Å². The van der Waals surface area contributed by atoms with E-state index in [2.05, 4.69) is 46.7 Å². The first-order valence-corrected chi connectivity index (χ1v) is 6.08. The van der Waals surface area contributed by atoms with Crippen LogP contribution < -0.4 is 5.32 Å². The predicted molar refractivity (Wildman–Crippen MR) is 71.0 cm³/mol. The van der Waals surface area contributed by atoms with E-state index in [1.54, 1.807) is 7.11 Å². The molecule has 0 saturated carbocycles. The molecule has 0 spiro atoms. The minimum absolute atomic E-state index is 0.287. The molecule has 4 heteroatoms. The highest BCUT2D eigenvalue weighted by atomic mass is 16.5. The molecule has 1 heterocycles. The van der Waals surface area contributed by atoms with Crippen LogP contribution in [0.1, 0.15) is 29.7 Å². The lowest BCUT2D eigenvalue weighted by molar-refractivity contribution is 0.185. The maximum atomic E-state index is 5.13. The Morgan fingerprint density at radius 2 is 2.22 bits per heavy atom. The van der Waals surface area contributed by atoms with Crippen molar-refractivity contribution < 1.29 is 4.74 Å². The molecule has 0 radical (unpaired) electrons. The number of methoxy groups -OCH3 is 1. The summed E-state index contributed by atoms with van der Waals surface area (Å²) in [5, 5.41) is 10.3. The molecular formula is C14H19N3O. The van der Waals surface area contributed by atoms with Gasteiger partial charge in [-0.15, -0.1) is 0 Å². The molecular weight excluding hydrogens is 226 g/mol. The summed E-state index contributed by atoms with van der Waals surface area (Å²) in [6.45, 7) is 3.62. The second-order valence-electron chi connectivity index (χ2n) is 4.39. The molecule has 0 aliphatic carbocycles. The van der Waals surface area contributed by atoms with Crippen LogP contribution in [0.2, 0.25) is 0 Å². The molecule has 0 fully saturated rings. The molecule has 1 aromatic heterocycles. The second-order valence-corrected chi connectivity index (χ2v) is 4.39. The zero-order valence-electron chi connectivity index (χ0n) is 10.8. The first kappa shape index (κ1) is 12.8. The molecule has 0 aliphatic heterocycles. The number of nitrogens with zero attached hydrogens (tertiary/aromatic N) is 1. The van der Waals surface area contributed by atoms with E-state index >= 15 is 0 Å².